The fourth-order valence-corrected chi connectivity index (χ4v) is 2.62. The molecule has 0 radical (unpaired) electrons. The van der Waals surface area contributed by atoms with E-state index in [4.69, 9.17) is 5.21 Å². The quantitative estimate of drug-likeness (QED) is 0.596. The summed E-state index contributed by atoms with van der Waals surface area (Å²) in [5.41, 5.74) is 5.19. The van der Waals surface area contributed by atoms with E-state index in [0.29, 0.717) is 17.7 Å². The Kier molecular flexibility index (Phi) is 4.39. The molecule has 0 atom stereocenters. The van der Waals surface area contributed by atoms with Crippen LogP contribution in [0.15, 0.2) is 48.0 Å². The lowest BCUT2D eigenvalue weighted by Gasteiger charge is -2.07. The number of amides is 2. The number of benzene rings is 2. The minimum atomic E-state index is -0.534. The van der Waals surface area contributed by atoms with Crippen molar-refractivity contribution in [3.8, 4) is 0 Å². The predicted octanol–water partition coefficient (Wildman–Crippen LogP) is 2.45. The molecule has 3 rings (SSSR count). The van der Waals surface area contributed by atoms with E-state index in [9.17, 15) is 14.0 Å². The van der Waals surface area contributed by atoms with Gasteiger partial charge in [-0.15, -0.1) is 0 Å². The summed E-state index contributed by atoms with van der Waals surface area (Å²) in [5.74, 6) is -1.09. The number of carbonyl (C=O) groups is 2. The summed E-state index contributed by atoms with van der Waals surface area (Å²) in [6, 6.07) is 11.1. The molecular weight excluding hydrogens is 311 g/mol. The average molecular weight is 326 g/mol. The second-order valence-corrected chi connectivity index (χ2v) is 5.55. The molecule has 6 heteroatoms. The van der Waals surface area contributed by atoms with Crippen molar-refractivity contribution in [3.05, 3.63) is 70.5 Å². The van der Waals surface area contributed by atoms with Gasteiger partial charge in [-0.05, 0) is 47.0 Å². The van der Waals surface area contributed by atoms with Crippen LogP contribution < -0.4 is 10.8 Å². The number of rotatable bonds is 4. The predicted molar refractivity (Wildman–Crippen MR) is 86.8 cm³/mol. The summed E-state index contributed by atoms with van der Waals surface area (Å²) in [7, 11) is 0. The Labute approximate surface area is 137 Å². The van der Waals surface area contributed by atoms with Gasteiger partial charge in [-0.25, -0.2) is 9.87 Å². The molecule has 2 aromatic rings. The fourth-order valence-electron chi connectivity index (χ4n) is 2.62. The molecule has 0 bridgehead atoms. The van der Waals surface area contributed by atoms with Crippen molar-refractivity contribution < 1.29 is 19.2 Å². The van der Waals surface area contributed by atoms with Gasteiger partial charge >= 0.3 is 0 Å². The molecule has 0 aliphatic heterocycles. The first-order chi connectivity index (χ1) is 11.5. The smallest absolute Gasteiger partial charge is 0.270 e. The number of anilines is 1. The van der Waals surface area contributed by atoms with Gasteiger partial charge in [-0.3, -0.25) is 14.8 Å². The van der Waals surface area contributed by atoms with Crippen LogP contribution in [-0.2, 0) is 22.4 Å². The van der Waals surface area contributed by atoms with Gasteiger partial charge in [0.05, 0.1) is 6.42 Å². The van der Waals surface area contributed by atoms with E-state index in [1.54, 1.807) is 35.8 Å². The average Bonchev–Trinajstić information content (AvgIpc) is 2.99. The molecule has 1 aliphatic rings. The number of hydroxylamine groups is 1. The van der Waals surface area contributed by atoms with E-state index in [1.165, 1.54) is 12.1 Å². The lowest BCUT2D eigenvalue weighted by molar-refractivity contribution is -0.125. The van der Waals surface area contributed by atoms with Crippen molar-refractivity contribution in [2.45, 2.75) is 12.8 Å². The maximum atomic E-state index is 12.9. The van der Waals surface area contributed by atoms with Crippen LogP contribution in [0.5, 0.6) is 0 Å². The van der Waals surface area contributed by atoms with E-state index in [-0.39, 0.29) is 18.1 Å². The highest BCUT2D eigenvalue weighted by Gasteiger charge is 2.18. The van der Waals surface area contributed by atoms with Gasteiger partial charge in [0.2, 0.25) is 5.91 Å². The van der Waals surface area contributed by atoms with Crippen LogP contribution in [0.3, 0.4) is 0 Å². The standard InChI is InChI=1S/C18H15FN2O3/c19-15-4-1-11(2-5-15)7-17(22)20-16-6-3-12-8-14(18(23)21-24)9-13(12)10-16/h1-6,9-10,24H,7-8H2,(H,20,22)(H,21,23). The van der Waals surface area contributed by atoms with Gasteiger partial charge in [0.1, 0.15) is 5.82 Å². The van der Waals surface area contributed by atoms with Crippen LogP contribution in [0, 0.1) is 5.82 Å². The lowest BCUT2D eigenvalue weighted by Crippen LogP contribution is -2.20. The Hall–Kier alpha value is -2.99. The minimum absolute atomic E-state index is 0.144. The molecule has 0 unspecified atom stereocenters. The Morgan fingerprint density at radius 2 is 1.88 bits per heavy atom. The molecule has 24 heavy (non-hydrogen) atoms. The van der Waals surface area contributed by atoms with E-state index >= 15 is 0 Å². The van der Waals surface area contributed by atoms with Gasteiger partial charge in [0.25, 0.3) is 5.91 Å². The van der Waals surface area contributed by atoms with Crippen LogP contribution in [0.25, 0.3) is 6.08 Å². The second-order valence-electron chi connectivity index (χ2n) is 5.55. The number of carbonyl (C=O) groups excluding carboxylic acids is 2. The molecule has 0 fully saturated rings. The number of hydrogen-bond acceptors (Lipinski definition) is 3. The van der Waals surface area contributed by atoms with Gasteiger partial charge in [-0.1, -0.05) is 18.2 Å². The third-order valence-electron chi connectivity index (χ3n) is 3.81. The van der Waals surface area contributed by atoms with E-state index in [1.807, 2.05) is 6.07 Å². The third kappa shape index (κ3) is 3.49. The molecule has 0 aromatic heterocycles. The summed E-state index contributed by atoms with van der Waals surface area (Å²) < 4.78 is 12.9. The highest BCUT2D eigenvalue weighted by molar-refractivity contribution is 6.00. The first kappa shape index (κ1) is 15.9. The largest absolute Gasteiger partial charge is 0.326 e. The molecule has 5 nitrogen and oxygen atoms in total. The Morgan fingerprint density at radius 3 is 2.58 bits per heavy atom. The first-order valence-corrected chi connectivity index (χ1v) is 7.37. The molecule has 0 heterocycles. The molecular formula is C18H15FN2O3. The van der Waals surface area contributed by atoms with Crippen molar-refractivity contribution in [2.75, 3.05) is 5.32 Å². The monoisotopic (exact) mass is 326 g/mol. The van der Waals surface area contributed by atoms with Crippen LogP contribution in [0.1, 0.15) is 16.7 Å². The number of hydrogen-bond donors (Lipinski definition) is 3. The molecule has 122 valence electrons. The van der Waals surface area contributed by atoms with Crippen molar-refractivity contribution in [1.29, 1.82) is 0 Å². The summed E-state index contributed by atoms with van der Waals surface area (Å²) in [6.45, 7) is 0. The third-order valence-corrected chi connectivity index (χ3v) is 3.81. The summed E-state index contributed by atoms with van der Waals surface area (Å²) in [5, 5.41) is 11.5. The SMILES string of the molecule is O=C(Cc1ccc(F)cc1)Nc1ccc2c(c1)C=C(C(=O)NO)C2. The van der Waals surface area contributed by atoms with E-state index in [0.717, 1.165) is 16.7 Å². The maximum Gasteiger partial charge on any atom is 0.270 e. The number of nitrogens with one attached hydrogen (secondary N) is 2. The topological polar surface area (TPSA) is 78.4 Å². The van der Waals surface area contributed by atoms with Crippen LogP contribution in [0.4, 0.5) is 10.1 Å². The highest BCUT2D eigenvalue weighted by Crippen LogP contribution is 2.27. The number of fused-ring (bicyclic) bond motifs is 1. The van der Waals surface area contributed by atoms with Crippen molar-refractivity contribution >= 4 is 23.6 Å². The maximum absolute atomic E-state index is 12.9. The van der Waals surface area contributed by atoms with Crippen LogP contribution in [0.2, 0.25) is 0 Å². The summed E-state index contributed by atoms with van der Waals surface area (Å²) in [4.78, 5) is 23.5. The molecule has 1 aliphatic carbocycles. The molecule has 2 aromatic carbocycles. The Morgan fingerprint density at radius 1 is 1.12 bits per heavy atom. The van der Waals surface area contributed by atoms with Gasteiger partial charge in [-0.2, -0.15) is 0 Å². The van der Waals surface area contributed by atoms with Gasteiger partial charge < -0.3 is 5.32 Å². The van der Waals surface area contributed by atoms with Crippen molar-refractivity contribution in [1.82, 2.24) is 5.48 Å². The lowest BCUT2D eigenvalue weighted by atomic mass is 10.1. The van der Waals surface area contributed by atoms with Gasteiger partial charge in [0, 0.05) is 17.7 Å². The summed E-state index contributed by atoms with van der Waals surface area (Å²) in [6.07, 6.45) is 2.26. The molecule has 0 spiro atoms. The summed E-state index contributed by atoms with van der Waals surface area (Å²) >= 11 is 0. The van der Waals surface area contributed by atoms with Crippen molar-refractivity contribution in [3.63, 3.8) is 0 Å². The number of halogens is 1. The van der Waals surface area contributed by atoms with Crippen LogP contribution >= 0.6 is 0 Å². The van der Waals surface area contributed by atoms with Gasteiger partial charge in [0.15, 0.2) is 0 Å². The normalized spacial score (nSPS) is 12.3. The van der Waals surface area contributed by atoms with Crippen molar-refractivity contribution in [2.24, 2.45) is 0 Å². The molecule has 3 N–H and O–H groups in total. The molecule has 0 saturated carbocycles. The Balaban J connectivity index is 1.68. The fraction of sp³-hybridized carbons (Fsp3) is 0.111. The Bertz CT molecular complexity index is 829. The molecule has 2 amide bonds. The zero-order valence-corrected chi connectivity index (χ0v) is 12.7. The first-order valence-electron chi connectivity index (χ1n) is 7.37. The van der Waals surface area contributed by atoms with E-state index in [2.05, 4.69) is 5.32 Å². The second kappa shape index (κ2) is 6.64. The van der Waals surface area contributed by atoms with E-state index < -0.39 is 5.91 Å². The zero-order chi connectivity index (χ0) is 17.1. The minimum Gasteiger partial charge on any atom is -0.326 e. The zero-order valence-electron chi connectivity index (χ0n) is 12.7. The highest BCUT2D eigenvalue weighted by atomic mass is 19.1. The van der Waals surface area contributed by atoms with Crippen LogP contribution in [-0.4, -0.2) is 17.0 Å². The molecule has 0 saturated heterocycles.